The normalized spacial score (nSPS) is 20.5. The number of halogens is 5. The van der Waals surface area contributed by atoms with Crippen molar-refractivity contribution in [3.05, 3.63) is 23.8 Å². The first kappa shape index (κ1) is 12.9. The summed E-state index contributed by atoms with van der Waals surface area (Å²) in [5, 5.41) is 0. The zero-order chi connectivity index (χ0) is 13.5. The summed E-state index contributed by atoms with van der Waals surface area (Å²) in [5.74, 6) is -3.30. The minimum Gasteiger partial charge on any atom is -0.395 e. The van der Waals surface area contributed by atoms with Crippen LogP contribution in [0.3, 0.4) is 0 Å². The Balaban J connectivity index is 2.25. The summed E-state index contributed by atoms with van der Waals surface area (Å²) in [4.78, 5) is 1.26. The van der Waals surface area contributed by atoms with Crippen molar-refractivity contribution in [1.29, 1.82) is 0 Å². The number of anilines is 2. The monoisotopic (exact) mass is 266 g/mol. The molecule has 0 amide bonds. The maximum atomic E-state index is 13.2. The van der Waals surface area contributed by atoms with E-state index in [0.717, 1.165) is 6.07 Å². The van der Waals surface area contributed by atoms with Crippen molar-refractivity contribution in [2.24, 2.45) is 5.92 Å². The second-order valence-electron chi connectivity index (χ2n) is 4.29. The molecular formula is C11H11F5N2. The molecule has 1 atom stereocenters. The fraction of sp³-hybridized carbons (Fsp3) is 0.455. The molecule has 1 heterocycles. The van der Waals surface area contributed by atoms with Crippen molar-refractivity contribution in [2.75, 3.05) is 23.7 Å². The summed E-state index contributed by atoms with van der Waals surface area (Å²) in [5.41, 5.74) is 5.09. The molecule has 0 spiro atoms. The molecule has 0 aromatic heterocycles. The number of hydrogen-bond donors (Lipinski definition) is 1. The molecule has 1 aromatic carbocycles. The molecule has 2 nitrogen and oxygen atoms in total. The smallest absolute Gasteiger partial charge is 0.393 e. The first-order valence-electron chi connectivity index (χ1n) is 5.35. The zero-order valence-electron chi connectivity index (χ0n) is 9.27. The highest BCUT2D eigenvalue weighted by Gasteiger charge is 2.44. The minimum atomic E-state index is -4.30. The van der Waals surface area contributed by atoms with Gasteiger partial charge in [0.25, 0.3) is 0 Å². The summed E-state index contributed by atoms with van der Waals surface area (Å²) < 4.78 is 63.8. The lowest BCUT2D eigenvalue weighted by atomic mass is 10.1. The third-order valence-electron chi connectivity index (χ3n) is 3.06. The van der Waals surface area contributed by atoms with Crippen LogP contribution in [0.25, 0.3) is 0 Å². The Morgan fingerprint density at radius 2 is 1.89 bits per heavy atom. The maximum Gasteiger partial charge on any atom is 0.393 e. The van der Waals surface area contributed by atoms with Crippen LogP contribution in [0.1, 0.15) is 6.42 Å². The first-order chi connectivity index (χ1) is 8.29. The van der Waals surface area contributed by atoms with Gasteiger partial charge in [0, 0.05) is 19.2 Å². The van der Waals surface area contributed by atoms with E-state index < -0.39 is 23.7 Å². The molecule has 0 radical (unpaired) electrons. The summed E-state index contributed by atoms with van der Waals surface area (Å²) >= 11 is 0. The second kappa shape index (κ2) is 4.29. The van der Waals surface area contributed by atoms with Gasteiger partial charge in [0.2, 0.25) is 0 Å². The molecule has 0 aliphatic carbocycles. The average molecular weight is 266 g/mol. The van der Waals surface area contributed by atoms with E-state index in [2.05, 4.69) is 0 Å². The van der Waals surface area contributed by atoms with Crippen molar-refractivity contribution in [3.8, 4) is 0 Å². The quantitative estimate of drug-likeness (QED) is 0.625. The van der Waals surface area contributed by atoms with Crippen molar-refractivity contribution in [2.45, 2.75) is 12.6 Å². The SMILES string of the molecule is Nc1c(F)cc(F)cc1N1CCC(C(F)(F)F)C1. The van der Waals surface area contributed by atoms with Crippen molar-refractivity contribution < 1.29 is 22.0 Å². The van der Waals surface area contributed by atoms with Crippen LogP contribution in [-0.4, -0.2) is 19.3 Å². The molecule has 1 aliphatic rings. The summed E-state index contributed by atoms with van der Waals surface area (Å²) in [6.07, 6.45) is -4.39. The molecule has 1 aromatic rings. The van der Waals surface area contributed by atoms with Crippen molar-refractivity contribution >= 4 is 11.4 Å². The second-order valence-corrected chi connectivity index (χ2v) is 4.29. The minimum absolute atomic E-state index is 0.0146. The topological polar surface area (TPSA) is 29.3 Å². The first-order valence-corrected chi connectivity index (χ1v) is 5.35. The summed E-state index contributed by atoms with van der Waals surface area (Å²) in [6, 6.07) is 1.56. The van der Waals surface area contributed by atoms with E-state index in [0.29, 0.717) is 6.07 Å². The lowest BCUT2D eigenvalue weighted by molar-refractivity contribution is -0.168. The van der Waals surface area contributed by atoms with E-state index in [1.807, 2.05) is 0 Å². The van der Waals surface area contributed by atoms with Crippen molar-refractivity contribution in [1.82, 2.24) is 0 Å². The van der Waals surface area contributed by atoms with Gasteiger partial charge in [0.05, 0.1) is 17.3 Å². The lowest BCUT2D eigenvalue weighted by Crippen LogP contribution is -2.28. The van der Waals surface area contributed by atoms with E-state index in [1.165, 1.54) is 4.90 Å². The number of nitrogens with two attached hydrogens (primary N) is 1. The Kier molecular flexibility index (Phi) is 3.08. The number of alkyl halides is 3. The number of nitrogens with zero attached hydrogens (tertiary/aromatic N) is 1. The molecule has 7 heteroatoms. The van der Waals surface area contributed by atoms with Gasteiger partial charge >= 0.3 is 6.18 Å². The highest BCUT2D eigenvalue weighted by Crippen LogP contribution is 2.37. The van der Waals surface area contributed by atoms with Gasteiger partial charge in [-0.25, -0.2) is 8.78 Å². The molecule has 1 aliphatic heterocycles. The predicted molar refractivity (Wildman–Crippen MR) is 57.1 cm³/mol. The third kappa shape index (κ3) is 2.34. The van der Waals surface area contributed by atoms with Gasteiger partial charge in [-0.2, -0.15) is 13.2 Å². The van der Waals surface area contributed by atoms with E-state index >= 15 is 0 Å². The van der Waals surface area contributed by atoms with Gasteiger partial charge in [0.15, 0.2) is 5.82 Å². The third-order valence-corrected chi connectivity index (χ3v) is 3.06. The number of hydrogen-bond acceptors (Lipinski definition) is 2. The molecule has 0 saturated carbocycles. The highest BCUT2D eigenvalue weighted by molar-refractivity contribution is 5.68. The predicted octanol–water partition coefficient (Wildman–Crippen LogP) is 2.94. The van der Waals surface area contributed by atoms with Crippen LogP contribution in [0, 0.1) is 17.6 Å². The number of rotatable bonds is 1. The lowest BCUT2D eigenvalue weighted by Gasteiger charge is -2.21. The zero-order valence-corrected chi connectivity index (χ0v) is 9.27. The molecule has 2 N–H and O–H groups in total. The van der Waals surface area contributed by atoms with Crippen LogP contribution in [-0.2, 0) is 0 Å². The molecule has 100 valence electrons. The molecule has 2 rings (SSSR count). The van der Waals surface area contributed by atoms with Crippen LogP contribution >= 0.6 is 0 Å². The molecule has 1 unspecified atom stereocenters. The van der Waals surface area contributed by atoms with Gasteiger partial charge in [-0.3, -0.25) is 0 Å². The fourth-order valence-corrected chi connectivity index (χ4v) is 2.08. The summed E-state index contributed by atoms with van der Waals surface area (Å²) in [6.45, 7) is -0.242. The Bertz CT molecular complexity index is 457. The van der Waals surface area contributed by atoms with Crippen LogP contribution < -0.4 is 10.6 Å². The van der Waals surface area contributed by atoms with E-state index in [4.69, 9.17) is 5.73 Å². The molecule has 18 heavy (non-hydrogen) atoms. The van der Waals surface area contributed by atoms with E-state index in [9.17, 15) is 22.0 Å². The Morgan fingerprint density at radius 3 is 2.44 bits per heavy atom. The van der Waals surface area contributed by atoms with Gasteiger partial charge < -0.3 is 10.6 Å². The maximum absolute atomic E-state index is 13.2. The number of nitrogen functional groups attached to an aromatic ring is 1. The number of benzene rings is 1. The Labute approximate surface area is 100 Å². The molecule has 1 fully saturated rings. The molecule has 0 bridgehead atoms. The molecule has 1 saturated heterocycles. The average Bonchev–Trinajstić information content (AvgIpc) is 2.71. The van der Waals surface area contributed by atoms with Gasteiger partial charge in [-0.15, -0.1) is 0 Å². The van der Waals surface area contributed by atoms with E-state index in [1.54, 1.807) is 0 Å². The van der Waals surface area contributed by atoms with Crippen LogP contribution in [0.5, 0.6) is 0 Å². The van der Waals surface area contributed by atoms with Crippen LogP contribution in [0.2, 0.25) is 0 Å². The highest BCUT2D eigenvalue weighted by atomic mass is 19.4. The van der Waals surface area contributed by atoms with Crippen molar-refractivity contribution in [3.63, 3.8) is 0 Å². The van der Waals surface area contributed by atoms with Gasteiger partial charge in [-0.1, -0.05) is 0 Å². The van der Waals surface area contributed by atoms with Crippen LogP contribution in [0.4, 0.5) is 33.3 Å². The molecular weight excluding hydrogens is 255 g/mol. The van der Waals surface area contributed by atoms with Gasteiger partial charge in [-0.05, 0) is 12.5 Å². The van der Waals surface area contributed by atoms with Gasteiger partial charge in [0.1, 0.15) is 5.82 Å². The fourth-order valence-electron chi connectivity index (χ4n) is 2.08. The van der Waals surface area contributed by atoms with E-state index in [-0.39, 0.29) is 30.9 Å². The standard InChI is InChI=1S/C11H11F5N2/c12-7-3-8(13)10(17)9(4-7)18-2-1-6(5-18)11(14,15)16/h3-4,6H,1-2,5,17H2. The summed E-state index contributed by atoms with van der Waals surface area (Å²) in [7, 11) is 0. The van der Waals surface area contributed by atoms with Crippen LogP contribution in [0.15, 0.2) is 12.1 Å². The Morgan fingerprint density at radius 1 is 1.22 bits per heavy atom. The largest absolute Gasteiger partial charge is 0.395 e. The Hall–Kier alpha value is -1.53.